The average Bonchev–Trinajstić information content (AvgIpc) is 3.14. The van der Waals surface area contributed by atoms with Crippen LogP contribution >= 0.6 is 11.6 Å². The Bertz CT molecular complexity index is 849. The Morgan fingerprint density at radius 2 is 2.16 bits per heavy atom. The van der Waals surface area contributed by atoms with Crippen LogP contribution in [0.5, 0.6) is 5.75 Å². The fraction of sp³-hybridized carbons (Fsp3) is 0.111. The van der Waals surface area contributed by atoms with E-state index in [1.54, 1.807) is 36.6 Å². The number of pyridine rings is 1. The summed E-state index contributed by atoms with van der Waals surface area (Å²) in [6.45, 7) is 0.519. The second kappa shape index (κ2) is 7.72. The molecule has 0 aliphatic rings. The third-order valence-electron chi connectivity index (χ3n) is 3.46. The van der Waals surface area contributed by atoms with Crippen molar-refractivity contribution in [3.63, 3.8) is 0 Å². The molecule has 0 unspecified atom stereocenters. The maximum atomic E-state index is 12.4. The van der Waals surface area contributed by atoms with Gasteiger partial charge in [-0.25, -0.2) is 4.98 Å². The quantitative estimate of drug-likeness (QED) is 0.691. The van der Waals surface area contributed by atoms with Crippen LogP contribution in [0.3, 0.4) is 0 Å². The van der Waals surface area contributed by atoms with Crippen LogP contribution in [0, 0.1) is 0 Å². The third-order valence-corrected chi connectivity index (χ3v) is 3.69. The zero-order chi connectivity index (χ0) is 17.6. The molecule has 7 heteroatoms. The molecular weight excluding hydrogens is 342 g/mol. The van der Waals surface area contributed by atoms with Crippen LogP contribution in [0.15, 0.2) is 59.3 Å². The van der Waals surface area contributed by atoms with Gasteiger partial charge in [0.05, 0.1) is 31.2 Å². The number of amides is 1. The molecule has 0 saturated carbocycles. The van der Waals surface area contributed by atoms with Gasteiger partial charge >= 0.3 is 0 Å². The first-order valence-electron chi connectivity index (χ1n) is 7.53. The fourth-order valence-corrected chi connectivity index (χ4v) is 2.37. The lowest BCUT2D eigenvalue weighted by molar-refractivity contribution is 0.102. The van der Waals surface area contributed by atoms with Crippen molar-refractivity contribution >= 4 is 29.0 Å². The molecule has 128 valence electrons. The van der Waals surface area contributed by atoms with Gasteiger partial charge in [-0.2, -0.15) is 0 Å². The van der Waals surface area contributed by atoms with Crippen LogP contribution in [-0.2, 0) is 6.54 Å². The van der Waals surface area contributed by atoms with Crippen LogP contribution in [0.25, 0.3) is 0 Å². The minimum absolute atomic E-state index is 0.300. The number of nitrogens with zero attached hydrogens (tertiary/aromatic N) is 1. The van der Waals surface area contributed by atoms with Crippen molar-refractivity contribution in [2.45, 2.75) is 6.54 Å². The van der Waals surface area contributed by atoms with E-state index in [1.165, 1.54) is 13.3 Å². The monoisotopic (exact) mass is 357 g/mol. The summed E-state index contributed by atoms with van der Waals surface area (Å²) in [6.07, 6.45) is 3.11. The molecule has 6 nitrogen and oxygen atoms in total. The number of nitrogens with one attached hydrogen (secondary N) is 2. The van der Waals surface area contributed by atoms with Crippen LogP contribution in [0.4, 0.5) is 11.5 Å². The van der Waals surface area contributed by atoms with E-state index in [-0.39, 0.29) is 5.91 Å². The molecule has 0 aliphatic heterocycles. The molecule has 1 amide bonds. The number of hydrogen-bond donors (Lipinski definition) is 2. The lowest BCUT2D eigenvalue weighted by Gasteiger charge is -2.11. The summed E-state index contributed by atoms with van der Waals surface area (Å²) in [5.74, 6) is 1.68. The summed E-state index contributed by atoms with van der Waals surface area (Å²) in [5, 5.41) is 6.39. The van der Waals surface area contributed by atoms with Crippen LogP contribution in [0.1, 0.15) is 16.1 Å². The third kappa shape index (κ3) is 4.30. The van der Waals surface area contributed by atoms with Gasteiger partial charge in [0.1, 0.15) is 17.3 Å². The summed E-state index contributed by atoms with van der Waals surface area (Å²) in [4.78, 5) is 16.6. The summed E-state index contributed by atoms with van der Waals surface area (Å²) >= 11 is 5.97. The van der Waals surface area contributed by atoms with Gasteiger partial charge in [-0.15, -0.1) is 0 Å². The fourth-order valence-electron chi connectivity index (χ4n) is 2.20. The van der Waals surface area contributed by atoms with Gasteiger partial charge < -0.3 is 19.8 Å². The van der Waals surface area contributed by atoms with Gasteiger partial charge in [0.25, 0.3) is 5.91 Å². The Morgan fingerprint density at radius 1 is 1.28 bits per heavy atom. The number of ether oxygens (including phenoxy) is 1. The standard InChI is InChI=1S/C18H16ClN3O3/c1-24-16-6-5-13(19)9-15(16)22-18(23)12-4-7-17(20-10-12)21-11-14-3-2-8-25-14/h2-10H,11H2,1H3,(H,20,21)(H,22,23). The van der Waals surface area contributed by atoms with E-state index in [2.05, 4.69) is 15.6 Å². The van der Waals surface area contributed by atoms with Gasteiger partial charge in [0.2, 0.25) is 0 Å². The topological polar surface area (TPSA) is 76.4 Å². The van der Waals surface area contributed by atoms with Crippen LogP contribution in [-0.4, -0.2) is 18.0 Å². The van der Waals surface area contributed by atoms with Crippen LogP contribution in [0.2, 0.25) is 5.02 Å². The second-order valence-electron chi connectivity index (χ2n) is 5.16. The first kappa shape index (κ1) is 16.9. The number of carbonyl (C=O) groups excluding carboxylic acids is 1. The molecule has 0 saturated heterocycles. The molecule has 0 atom stereocenters. The van der Waals surface area contributed by atoms with E-state index in [0.29, 0.717) is 34.4 Å². The predicted molar refractivity (Wildman–Crippen MR) is 96.2 cm³/mol. The molecule has 0 fully saturated rings. The van der Waals surface area contributed by atoms with Crippen molar-refractivity contribution in [1.29, 1.82) is 0 Å². The number of anilines is 2. The number of methoxy groups -OCH3 is 1. The van der Waals surface area contributed by atoms with E-state index in [4.69, 9.17) is 20.8 Å². The van der Waals surface area contributed by atoms with Gasteiger partial charge in [0.15, 0.2) is 0 Å². The smallest absolute Gasteiger partial charge is 0.257 e. The second-order valence-corrected chi connectivity index (χ2v) is 5.60. The van der Waals surface area contributed by atoms with Crippen molar-refractivity contribution < 1.29 is 13.9 Å². The molecule has 25 heavy (non-hydrogen) atoms. The summed E-state index contributed by atoms with van der Waals surface area (Å²) in [5.41, 5.74) is 0.922. The van der Waals surface area contributed by atoms with E-state index < -0.39 is 0 Å². The lowest BCUT2D eigenvalue weighted by atomic mass is 10.2. The van der Waals surface area contributed by atoms with E-state index in [1.807, 2.05) is 12.1 Å². The number of aromatic nitrogens is 1. The molecule has 2 heterocycles. The molecule has 0 bridgehead atoms. The van der Waals surface area contributed by atoms with Gasteiger partial charge in [-0.1, -0.05) is 11.6 Å². The number of halogens is 1. The highest BCUT2D eigenvalue weighted by Crippen LogP contribution is 2.28. The molecule has 1 aromatic carbocycles. The Labute approximate surface area is 149 Å². The molecule has 0 spiro atoms. The van der Waals surface area contributed by atoms with E-state index >= 15 is 0 Å². The Hall–Kier alpha value is -2.99. The number of carbonyl (C=O) groups is 1. The summed E-state index contributed by atoms with van der Waals surface area (Å²) in [7, 11) is 1.53. The SMILES string of the molecule is COc1ccc(Cl)cc1NC(=O)c1ccc(NCc2ccco2)nc1. The number of furan rings is 1. The molecule has 2 N–H and O–H groups in total. The minimum atomic E-state index is -0.300. The lowest BCUT2D eigenvalue weighted by Crippen LogP contribution is -2.13. The highest BCUT2D eigenvalue weighted by molar-refractivity contribution is 6.31. The number of rotatable bonds is 6. The van der Waals surface area contributed by atoms with Crippen molar-refractivity contribution in [3.05, 3.63) is 71.3 Å². The highest BCUT2D eigenvalue weighted by Gasteiger charge is 2.11. The van der Waals surface area contributed by atoms with E-state index in [9.17, 15) is 4.79 Å². The maximum Gasteiger partial charge on any atom is 0.257 e. The van der Waals surface area contributed by atoms with Gasteiger partial charge in [0, 0.05) is 11.2 Å². The predicted octanol–water partition coefficient (Wildman–Crippen LogP) is 4.20. The molecule has 0 aliphatic carbocycles. The minimum Gasteiger partial charge on any atom is -0.495 e. The first-order chi connectivity index (χ1) is 12.2. The summed E-state index contributed by atoms with van der Waals surface area (Å²) in [6, 6.07) is 12.1. The molecular formula is C18H16ClN3O3. The van der Waals surface area contributed by atoms with Gasteiger partial charge in [-0.05, 0) is 42.5 Å². The average molecular weight is 358 g/mol. The normalized spacial score (nSPS) is 10.3. The summed E-state index contributed by atoms with van der Waals surface area (Å²) < 4.78 is 10.5. The Kier molecular flexibility index (Phi) is 5.20. The number of hydrogen-bond acceptors (Lipinski definition) is 5. The van der Waals surface area contributed by atoms with Gasteiger partial charge in [-0.3, -0.25) is 4.79 Å². The van der Waals surface area contributed by atoms with E-state index in [0.717, 1.165) is 5.76 Å². The zero-order valence-corrected chi connectivity index (χ0v) is 14.2. The first-order valence-corrected chi connectivity index (χ1v) is 7.90. The maximum absolute atomic E-state index is 12.4. The van der Waals surface area contributed by atoms with Crippen LogP contribution < -0.4 is 15.4 Å². The Morgan fingerprint density at radius 3 is 2.84 bits per heavy atom. The van der Waals surface area contributed by atoms with Crippen molar-refractivity contribution in [3.8, 4) is 5.75 Å². The van der Waals surface area contributed by atoms with Crippen molar-refractivity contribution in [2.75, 3.05) is 17.7 Å². The Balaban J connectivity index is 1.65. The molecule has 2 aromatic heterocycles. The number of benzene rings is 1. The van der Waals surface area contributed by atoms with Crippen molar-refractivity contribution in [1.82, 2.24) is 4.98 Å². The molecule has 3 aromatic rings. The molecule has 3 rings (SSSR count). The largest absolute Gasteiger partial charge is 0.495 e. The zero-order valence-electron chi connectivity index (χ0n) is 13.5. The highest BCUT2D eigenvalue weighted by atomic mass is 35.5. The van der Waals surface area contributed by atoms with Crippen molar-refractivity contribution in [2.24, 2.45) is 0 Å². The molecule has 0 radical (unpaired) electrons.